The minimum absolute atomic E-state index is 0.248. The molecule has 0 aliphatic rings. The van der Waals surface area contributed by atoms with E-state index in [1.54, 1.807) is 27.7 Å². The average Bonchev–Trinajstić information content (AvgIpc) is 2.53. The Kier molecular flexibility index (Phi) is 10.5. The summed E-state index contributed by atoms with van der Waals surface area (Å²) in [6, 6.07) is 0. The first-order chi connectivity index (χ1) is 11.1. The SMILES string of the molecule is CCCOC(=O)C(C)(C)C(OP(=O)(OCCC)OCCC)=C(C)C. The Labute approximate surface area is 146 Å². The fourth-order valence-corrected chi connectivity index (χ4v) is 3.53. The van der Waals surface area contributed by atoms with Crippen molar-refractivity contribution in [1.82, 2.24) is 0 Å². The molecule has 0 aromatic rings. The summed E-state index contributed by atoms with van der Waals surface area (Å²) in [5, 5.41) is 0. The van der Waals surface area contributed by atoms with Crippen LogP contribution >= 0.6 is 7.82 Å². The van der Waals surface area contributed by atoms with E-state index in [4.69, 9.17) is 18.3 Å². The van der Waals surface area contributed by atoms with E-state index in [0.717, 1.165) is 6.42 Å². The second kappa shape index (κ2) is 10.9. The third-order valence-electron chi connectivity index (χ3n) is 3.08. The zero-order valence-corrected chi connectivity index (χ0v) is 17.0. The Morgan fingerprint density at radius 2 is 1.38 bits per heavy atom. The molecule has 0 rings (SSSR count). The molecule has 0 aromatic carbocycles. The average molecular weight is 364 g/mol. The molecular weight excluding hydrogens is 331 g/mol. The molecule has 0 aliphatic carbocycles. The van der Waals surface area contributed by atoms with Crippen LogP contribution < -0.4 is 0 Å². The molecule has 0 amide bonds. The zero-order valence-electron chi connectivity index (χ0n) is 16.1. The van der Waals surface area contributed by atoms with Gasteiger partial charge in [-0.05, 0) is 52.5 Å². The Balaban J connectivity index is 5.46. The van der Waals surface area contributed by atoms with Crippen LogP contribution in [0, 0.1) is 5.41 Å². The van der Waals surface area contributed by atoms with Crippen molar-refractivity contribution in [3.63, 3.8) is 0 Å². The van der Waals surface area contributed by atoms with E-state index in [1.807, 2.05) is 20.8 Å². The standard InChI is InChI=1S/C17H33O6P/c1-8-11-20-16(18)17(6,7)15(14(4)5)23-24(19,21-12-9-2)22-13-10-3/h8-13H2,1-7H3. The van der Waals surface area contributed by atoms with Gasteiger partial charge in [-0.2, -0.15) is 0 Å². The third-order valence-corrected chi connectivity index (χ3v) is 4.48. The van der Waals surface area contributed by atoms with Crippen molar-refractivity contribution < 1.29 is 27.7 Å². The number of rotatable bonds is 12. The monoisotopic (exact) mass is 364 g/mol. The zero-order chi connectivity index (χ0) is 18.8. The van der Waals surface area contributed by atoms with Crippen LogP contribution in [0.3, 0.4) is 0 Å². The van der Waals surface area contributed by atoms with E-state index >= 15 is 0 Å². The molecule has 0 spiro atoms. The lowest BCUT2D eigenvalue weighted by Crippen LogP contribution is -2.31. The summed E-state index contributed by atoms with van der Waals surface area (Å²) in [5.74, 6) is -0.169. The predicted octanol–water partition coefficient (Wildman–Crippen LogP) is 5.24. The topological polar surface area (TPSA) is 71.1 Å². The fraction of sp³-hybridized carbons (Fsp3) is 0.824. The summed E-state index contributed by atoms with van der Waals surface area (Å²) in [7, 11) is -3.79. The quantitative estimate of drug-likeness (QED) is 0.268. The van der Waals surface area contributed by atoms with E-state index in [1.165, 1.54) is 0 Å². The highest BCUT2D eigenvalue weighted by Crippen LogP contribution is 2.54. The second-order valence-corrected chi connectivity index (χ2v) is 7.89. The lowest BCUT2D eigenvalue weighted by molar-refractivity contribution is -0.153. The molecule has 0 N–H and O–H groups in total. The van der Waals surface area contributed by atoms with E-state index in [0.29, 0.717) is 25.0 Å². The Morgan fingerprint density at radius 1 is 0.917 bits per heavy atom. The summed E-state index contributed by atoms with van der Waals surface area (Å²) >= 11 is 0. The van der Waals surface area contributed by atoms with Gasteiger partial charge < -0.3 is 9.26 Å². The van der Waals surface area contributed by atoms with Crippen molar-refractivity contribution in [2.75, 3.05) is 19.8 Å². The predicted molar refractivity (Wildman–Crippen MR) is 94.6 cm³/mol. The van der Waals surface area contributed by atoms with Crippen molar-refractivity contribution in [3.05, 3.63) is 11.3 Å². The van der Waals surface area contributed by atoms with Crippen molar-refractivity contribution in [2.24, 2.45) is 5.41 Å². The number of allylic oxidation sites excluding steroid dienone is 1. The molecule has 142 valence electrons. The van der Waals surface area contributed by atoms with Crippen molar-refractivity contribution >= 4 is 13.8 Å². The molecule has 0 aliphatic heterocycles. The Hall–Kier alpha value is -0.840. The molecule has 6 nitrogen and oxygen atoms in total. The molecule has 0 unspecified atom stereocenters. The van der Waals surface area contributed by atoms with Crippen LogP contribution in [-0.2, 0) is 27.7 Å². The van der Waals surface area contributed by atoms with Gasteiger partial charge in [0, 0.05) is 0 Å². The van der Waals surface area contributed by atoms with Gasteiger partial charge in [-0.15, -0.1) is 0 Å². The summed E-state index contributed by atoms with van der Waals surface area (Å²) in [4.78, 5) is 12.4. The first-order valence-electron chi connectivity index (χ1n) is 8.58. The first-order valence-corrected chi connectivity index (χ1v) is 10.0. The van der Waals surface area contributed by atoms with Crippen LogP contribution in [0.15, 0.2) is 11.3 Å². The Bertz CT molecular complexity index is 454. The van der Waals surface area contributed by atoms with Gasteiger partial charge in [-0.1, -0.05) is 20.8 Å². The van der Waals surface area contributed by atoms with Gasteiger partial charge in [-0.25, -0.2) is 4.57 Å². The number of carbonyl (C=O) groups excluding carboxylic acids is 1. The molecule has 0 fully saturated rings. The van der Waals surface area contributed by atoms with Gasteiger partial charge in [0.1, 0.15) is 11.2 Å². The molecule has 0 atom stereocenters. The van der Waals surface area contributed by atoms with Gasteiger partial charge in [0.05, 0.1) is 19.8 Å². The van der Waals surface area contributed by atoms with Gasteiger partial charge in [0.2, 0.25) is 0 Å². The highest BCUT2D eigenvalue weighted by molar-refractivity contribution is 7.48. The van der Waals surface area contributed by atoms with Gasteiger partial charge >= 0.3 is 13.8 Å². The highest BCUT2D eigenvalue weighted by atomic mass is 31.2. The minimum atomic E-state index is -3.79. The van der Waals surface area contributed by atoms with Crippen LogP contribution in [-0.4, -0.2) is 25.8 Å². The largest absolute Gasteiger partial charge is 0.529 e. The van der Waals surface area contributed by atoms with E-state index < -0.39 is 19.2 Å². The number of carbonyl (C=O) groups is 1. The highest BCUT2D eigenvalue weighted by Gasteiger charge is 2.41. The number of phosphoric ester groups is 1. The van der Waals surface area contributed by atoms with Crippen LogP contribution in [0.5, 0.6) is 0 Å². The molecule has 7 heteroatoms. The molecule has 0 heterocycles. The minimum Gasteiger partial charge on any atom is -0.465 e. The maximum absolute atomic E-state index is 12.9. The third kappa shape index (κ3) is 7.37. The molecule has 0 aromatic heterocycles. The maximum atomic E-state index is 12.9. The van der Waals surface area contributed by atoms with Crippen LogP contribution in [0.2, 0.25) is 0 Å². The lowest BCUT2D eigenvalue weighted by Gasteiger charge is -2.29. The molecule has 24 heavy (non-hydrogen) atoms. The smallest absolute Gasteiger partial charge is 0.465 e. The van der Waals surface area contributed by atoms with Gasteiger partial charge in [0.25, 0.3) is 0 Å². The Morgan fingerprint density at radius 3 is 1.75 bits per heavy atom. The van der Waals surface area contributed by atoms with E-state index in [2.05, 4.69) is 0 Å². The molecule has 0 radical (unpaired) electrons. The van der Waals surface area contributed by atoms with E-state index in [-0.39, 0.29) is 19.0 Å². The number of hydrogen-bond acceptors (Lipinski definition) is 6. The number of esters is 1. The number of phosphoric acid groups is 1. The van der Waals surface area contributed by atoms with Crippen molar-refractivity contribution in [3.8, 4) is 0 Å². The van der Waals surface area contributed by atoms with Gasteiger partial charge in [-0.3, -0.25) is 13.8 Å². The van der Waals surface area contributed by atoms with E-state index in [9.17, 15) is 9.36 Å². The maximum Gasteiger partial charge on any atom is 0.529 e. The molecular formula is C17H33O6P. The molecule has 0 bridgehead atoms. The molecule has 0 saturated carbocycles. The van der Waals surface area contributed by atoms with Crippen LogP contribution in [0.4, 0.5) is 0 Å². The lowest BCUT2D eigenvalue weighted by atomic mass is 9.89. The summed E-state index contributed by atoms with van der Waals surface area (Å²) in [6.07, 6.45) is 2.08. The van der Waals surface area contributed by atoms with Crippen LogP contribution in [0.25, 0.3) is 0 Å². The summed E-state index contributed by atoms with van der Waals surface area (Å²) < 4.78 is 34.5. The number of ether oxygens (including phenoxy) is 1. The summed E-state index contributed by atoms with van der Waals surface area (Å²) in [5.41, 5.74) is -0.372. The fourth-order valence-electron chi connectivity index (χ4n) is 1.91. The second-order valence-electron chi connectivity index (χ2n) is 6.29. The normalized spacial score (nSPS) is 12.0. The van der Waals surface area contributed by atoms with Crippen molar-refractivity contribution in [1.29, 1.82) is 0 Å². The van der Waals surface area contributed by atoms with Crippen LogP contribution in [0.1, 0.15) is 67.7 Å². The first kappa shape index (κ1) is 23.2. The number of hydrogen-bond donors (Lipinski definition) is 0. The van der Waals surface area contributed by atoms with Gasteiger partial charge in [0.15, 0.2) is 0 Å². The van der Waals surface area contributed by atoms with Crippen molar-refractivity contribution in [2.45, 2.75) is 67.7 Å². The molecule has 0 saturated heterocycles. The summed E-state index contributed by atoms with van der Waals surface area (Å²) in [6.45, 7) is 13.5.